The largest absolute Gasteiger partial charge is 0.478 e. The Morgan fingerprint density at radius 2 is 2.00 bits per heavy atom. The van der Waals surface area contributed by atoms with Crippen molar-refractivity contribution < 1.29 is 14.7 Å². The second-order valence-corrected chi connectivity index (χ2v) is 5.63. The van der Waals surface area contributed by atoms with Gasteiger partial charge in [-0.2, -0.15) is 0 Å². The lowest BCUT2D eigenvalue weighted by Crippen LogP contribution is -2.40. The maximum atomic E-state index is 12.0. The molecule has 0 spiro atoms. The number of nitrogens with one attached hydrogen (secondary N) is 1. The third kappa shape index (κ3) is 3.36. The minimum Gasteiger partial charge on any atom is -0.478 e. The van der Waals surface area contributed by atoms with Gasteiger partial charge in [0.25, 0.3) is 0 Å². The lowest BCUT2D eigenvalue weighted by atomic mass is 9.94. The van der Waals surface area contributed by atoms with E-state index in [1.54, 1.807) is 19.1 Å². The quantitative estimate of drug-likeness (QED) is 0.786. The molecule has 0 aromatic heterocycles. The van der Waals surface area contributed by atoms with Crippen LogP contribution in [0.15, 0.2) is 18.2 Å². The van der Waals surface area contributed by atoms with E-state index in [4.69, 9.17) is 10.8 Å². The third-order valence-electron chi connectivity index (χ3n) is 3.86. The molecule has 0 radical (unpaired) electrons. The maximum Gasteiger partial charge on any atom is 0.336 e. The van der Waals surface area contributed by atoms with Gasteiger partial charge >= 0.3 is 5.97 Å². The summed E-state index contributed by atoms with van der Waals surface area (Å²) in [5.74, 6) is -1.15. The van der Waals surface area contributed by atoms with Crippen LogP contribution in [0.4, 0.5) is 5.69 Å². The Morgan fingerprint density at radius 1 is 1.35 bits per heavy atom. The van der Waals surface area contributed by atoms with E-state index in [1.807, 2.05) is 0 Å². The average molecular weight is 276 g/mol. The summed E-state index contributed by atoms with van der Waals surface area (Å²) in [7, 11) is 0. The molecule has 108 valence electrons. The van der Waals surface area contributed by atoms with Crippen LogP contribution in [0.3, 0.4) is 0 Å². The van der Waals surface area contributed by atoms with Crippen molar-refractivity contribution in [2.75, 3.05) is 5.32 Å². The molecule has 20 heavy (non-hydrogen) atoms. The van der Waals surface area contributed by atoms with Crippen molar-refractivity contribution in [1.82, 2.24) is 0 Å². The summed E-state index contributed by atoms with van der Waals surface area (Å²) in [5, 5.41) is 11.8. The van der Waals surface area contributed by atoms with Gasteiger partial charge in [-0.25, -0.2) is 4.79 Å². The molecule has 1 aliphatic rings. The van der Waals surface area contributed by atoms with E-state index in [9.17, 15) is 9.59 Å². The average Bonchev–Trinajstić information content (AvgIpc) is 2.77. The van der Waals surface area contributed by atoms with E-state index in [2.05, 4.69) is 5.32 Å². The summed E-state index contributed by atoms with van der Waals surface area (Å²) in [6.45, 7) is 1.72. The van der Waals surface area contributed by atoms with Gasteiger partial charge in [0.2, 0.25) is 5.91 Å². The van der Waals surface area contributed by atoms with Crippen molar-refractivity contribution in [2.24, 2.45) is 5.73 Å². The van der Waals surface area contributed by atoms with Gasteiger partial charge in [-0.15, -0.1) is 0 Å². The molecule has 5 heteroatoms. The summed E-state index contributed by atoms with van der Waals surface area (Å²) in [6.07, 6.45) is 4.15. The van der Waals surface area contributed by atoms with Crippen molar-refractivity contribution in [3.05, 3.63) is 29.3 Å². The van der Waals surface area contributed by atoms with Crippen LogP contribution in [-0.2, 0) is 4.79 Å². The monoisotopic (exact) mass is 276 g/mol. The van der Waals surface area contributed by atoms with Gasteiger partial charge < -0.3 is 16.2 Å². The number of rotatable bonds is 4. The Morgan fingerprint density at radius 3 is 2.60 bits per heavy atom. The van der Waals surface area contributed by atoms with Crippen molar-refractivity contribution >= 4 is 17.6 Å². The minimum atomic E-state index is -0.996. The second kappa shape index (κ2) is 5.63. The first-order chi connectivity index (χ1) is 9.39. The molecule has 1 fully saturated rings. The van der Waals surface area contributed by atoms with Crippen molar-refractivity contribution in [2.45, 2.75) is 44.6 Å². The zero-order chi connectivity index (χ0) is 14.8. The van der Waals surface area contributed by atoms with Gasteiger partial charge in [-0.3, -0.25) is 4.79 Å². The van der Waals surface area contributed by atoms with Gasteiger partial charge in [0.15, 0.2) is 0 Å². The van der Waals surface area contributed by atoms with E-state index >= 15 is 0 Å². The number of amides is 1. The van der Waals surface area contributed by atoms with Gasteiger partial charge in [-0.1, -0.05) is 18.9 Å². The normalized spacial score (nSPS) is 16.9. The lowest BCUT2D eigenvalue weighted by molar-refractivity contribution is -0.117. The predicted molar refractivity (Wildman–Crippen MR) is 76.8 cm³/mol. The molecule has 1 aromatic carbocycles. The number of hydrogen-bond donors (Lipinski definition) is 3. The first-order valence-corrected chi connectivity index (χ1v) is 6.82. The van der Waals surface area contributed by atoms with Crippen molar-refractivity contribution in [3.8, 4) is 0 Å². The van der Waals surface area contributed by atoms with Crippen LogP contribution in [0.2, 0.25) is 0 Å². The molecule has 1 aromatic rings. The molecule has 1 amide bonds. The third-order valence-corrected chi connectivity index (χ3v) is 3.86. The highest BCUT2D eigenvalue weighted by Gasteiger charge is 2.31. The van der Waals surface area contributed by atoms with Crippen molar-refractivity contribution in [3.63, 3.8) is 0 Å². The number of carbonyl (C=O) groups is 2. The Balaban J connectivity index is 2.04. The molecule has 2 rings (SSSR count). The summed E-state index contributed by atoms with van der Waals surface area (Å²) in [4.78, 5) is 23.1. The van der Waals surface area contributed by atoms with E-state index < -0.39 is 11.5 Å². The molecule has 0 aliphatic heterocycles. The smallest absolute Gasteiger partial charge is 0.336 e. The van der Waals surface area contributed by atoms with Crippen LogP contribution >= 0.6 is 0 Å². The fourth-order valence-corrected chi connectivity index (χ4v) is 2.71. The highest BCUT2D eigenvalue weighted by Crippen LogP contribution is 2.30. The zero-order valence-electron chi connectivity index (χ0n) is 11.6. The number of benzene rings is 1. The molecule has 0 bridgehead atoms. The highest BCUT2D eigenvalue weighted by molar-refractivity contribution is 5.95. The van der Waals surface area contributed by atoms with Crippen LogP contribution in [0.1, 0.15) is 48.0 Å². The fraction of sp³-hybridized carbons (Fsp3) is 0.467. The van der Waals surface area contributed by atoms with Gasteiger partial charge in [-0.05, 0) is 37.5 Å². The number of carbonyl (C=O) groups excluding carboxylic acids is 1. The molecular weight excluding hydrogens is 256 g/mol. The molecule has 0 heterocycles. The molecule has 5 nitrogen and oxygen atoms in total. The van der Waals surface area contributed by atoms with Crippen LogP contribution in [0, 0.1) is 6.92 Å². The first kappa shape index (κ1) is 14.5. The fourth-order valence-electron chi connectivity index (χ4n) is 2.71. The van der Waals surface area contributed by atoms with Crippen LogP contribution in [0.25, 0.3) is 0 Å². The van der Waals surface area contributed by atoms with Gasteiger partial charge in [0.1, 0.15) is 0 Å². The Kier molecular flexibility index (Phi) is 4.09. The first-order valence-electron chi connectivity index (χ1n) is 6.82. The van der Waals surface area contributed by atoms with E-state index in [0.717, 1.165) is 25.7 Å². The van der Waals surface area contributed by atoms with Gasteiger partial charge in [0.05, 0.1) is 5.56 Å². The summed E-state index contributed by atoms with van der Waals surface area (Å²) < 4.78 is 0. The van der Waals surface area contributed by atoms with E-state index in [0.29, 0.717) is 11.3 Å². The minimum absolute atomic E-state index is 0.158. The second-order valence-electron chi connectivity index (χ2n) is 5.63. The molecule has 4 N–H and O–H groups in total. The number of aromatic carboxylic acids is 1. The number of aryl methyl sites for hydroxylation is 1. The lowest BCUT2D eigenvalue weighted by Gasteiger charge is -2.22. The molecule has 1 saturated carbocycles. The maximum absolute atomic E-state index is 12.0. The summed E-state index contributed by atoms with van der Waals surface area (Å²) in [6, 6.07) is 4.87. The Bertz CT molecular complexity index is 534. The molecular formula is C15H20N2O3. The molecule has 0 unspecified atom stereocenters. The molecule has 0 saturated heterocycles. The summed E-state index contributed by atoms with van der Waals surface area (Å²) in [5.41, 5.74) is 7.13. The number of anilines is 1. The number of nitrogens with two attached hydrogens (primary N) is 1. The highest BCUT2D eigenvalue weighted by atomic mass is 16.4. The molecule has 0 atom stereocenters. The van der Waals surface area contributed by atoms with Crippen LogP contribution in [0.5, 0.6) is 0 Å². The Hall–Kier alpha value is -1.88. The van der Waals surface area contributed by atoms with Crippen molar-refractivity contribution in [1.29, 1.82) is 0 Å². The summed E-state index contributed by atoms with van der Waals surface area (Å²) >= 11 is 0. The molecule has 1 aliphatic carbocycles. The standard InChI is InChI=1S/C15H20N2O3/c1-10-4-5-11(8-12(10)14(19)20)17-13(18)9-15(16)6-2-3-7-15/h4-5,8H,2-3,6-7,9,16H2,1H3,(H,17,18)(H,19,20). The number of carboxylic acid groups (broad SMARTS) is 1. The van der Waals surface area contributed by atoms with Crippen LogP contribution < -0.4 is 11.1 Å². The van der Waals surface area contributed by atoms with Gasteiger partial charge in [0, 0.05) is 17.6 Å². The van der Waals surface area contributed by atoms with E-state index in [-0.39, 0.29) is 17.9 Å². The van der Waals surface area contributed by atoms with Crippen LogP contribution in [-0.4, -0.2) is 22.5 Å². The number of carboxylic acids is 1. The Labute approximate surface area is 118 Å². The van der Waals surface area contributed by atoms with E-state index in [1.165, 1.54) is 6.07 Å². The zero-order valence-corrected chi connectivity index (χ0v) is 11.6. The number of hydrogen-bond acceptors (Lipinski definition) is 3. The topological polar surface area (TPSA) is 92.4 Å². The SMILES string of the molecule is Cc1ccc(NC(=O)CC2(N)CCCC2)cc1C(=O)O. The predicted octanol–water partition coefficient (Wildman–Crippen LogP) is 2.29.